The van der Waals surface area contributed by atoms with Gasteiger partial charge in [0.1, 0.15) is 22.6 Å². The molecular weight excluding hydrogens is 717 g/mol. The van der Waals surface area contributed by atoms with Crippen molar-refractivity contribution in [1.82, 2.24) is 10.2 Å². The molecule has 6 rings (SSSR count). The molecule has 0 saturated heterocycles. The van der Waals surface area contributed by atoms with Gasteiger partial charge in [0.2, 0.25) is 5.91 Å². The van der Waals surface area contributed by atoms with E-state index in [1.54, 1.807) is 55.5 Å². The summed E-state index contributed by atoms with van der Waals surface area (Å²) in [5.41, 5.74) is 3.17. The minimum atomic E-state index is -0.704. The highest BCUT2D eigenvalue weighted by Gasteiger charge is 2.27. The molecule has 3 amide bonds. The lowest BCUT2D eigenvalue weighted by molar-refractivity contribution is -0.115. The fourth-order valence-electron chi connectivity index (χ4n) is 5.69. The Morgan fingerprint density at radius 2 is 1.73 bits per heavy atom. The topological polar surface area (TPSA) is 114 Å². The highest BCUT2D eigenvalue weighted by atomic mass is 35.5. The normalized spacial score (nSPS) is 13.4. The zero-order valence-corrected chi connectivity index (χ0v) is 30.4. The molecule has 4 aromatic carbocycles. The van der Waals surface area contributed by atoms with E-state index in [4.69, 9.17) is 11.6 Å². The number of rotatable bonds is 11. The Kier molecular flexibility index (Phi) is 11.8. The van der Waals surface area contributed by atoms with E-state index in [1.807, 2.05) is 24.3 Å². The number of anilines is 2. The van der Waals surface area contributed by atoms with Crippen LogP contribution < -0.4 is 16.0 Å². The van der Waals surface area contributed by atoms with Gasteiger partial charge in [0, 0.05) is 46.2 Å². The molecule has 1 aliphatic rings. The first kappa shape index (κ1) is 36.5. The van der Waals surface area contributed by atoms with E-state index >= 15 is 0 Å². The molecule has 0 spiro atoms. The van der Waals surface area contributed by atoms with Crippen molar-refractivity contribution in [2.45, 2.75) is 36.6 Å². The summed E-state index contributed by atoms with van der Waals surface area (Å²) in [4.78, 5) is 44.1. The van der Waals surface area contributed by atoms with Gasteiger partial charge < -0.3 is 16.0 Å². The van der Waals surface area contributed by atoms with Crippen molar-refractivity contribution in [2.24, 2.45) is 0 Å². The Hall–Kier alpha value is -5.25. The van der Waals surface area contributed by atoms with Crippen LogP contribution >= 0.6 is 34.7 Å². The molecule has 1 aliphatic heterocycles. The van der Waals surface area contributed by atoms with Gasteiger partial charge in [0.05, 0.1) is 15.8 Å². The Morgan fingerprint density at radius 1 is 1.00 bits per heavy atom. The molecule has 0 saturated carbocycles. The smallest absolute Gasteiger partial charge is 0.272 e. The molecule has 12 heteroatoms. The quantitative estimate of drug-likeness (QED) is 0.0922. The second-order valence-electron chi connectivity index (χ2n) is 12.0. The number of halogens is 2. The number of hydrogen-bond donors (Lipinski definition) is 3. The molecule has 3 N–H and O–H groups in total. The Bertz CT molecular complexity index is 2170. The van der Waals surface area contributed by atoms with Gasteiger partial charge in [-0.05, 0) is 73.0 Å². The summed E-state index contributed by atoms with van der Waals surface area (Å²) in [5.74, 6) is -2.18. The van der Waals surface area contributed by atoms with E-state index in [-0.39, 0.29) is 22.2 Å². The van der Waals surface area contributed by atoms with Crippen LogP contribution in [0.4, 0.5) is 15.1 Å². The third kappa shape index (κ3) is 8.96. The fraction of sp³-hybridized carbons (Fsp3) is 0.150. The fourth-order valence-corrected chi connectivity index (χ4v) is 8.08. The van der Waals surface area contributed by atoms with Crippen molar-refractivity contribution in [3.05, 3.63) is 152 Å². The summed E-state index contributed by atoms with van der Waals surface area (Å²) < 4.78 is 14.7. The number of nitriles is 1. The summed E-state index contributed by atoms with van der Waals surface area (Å²) in [7, 11) is 0. The summed E-state index contributed by atoms with van der Waals surface area (Å²) in [6.07, 6.45) is 1.93. The maximum atomic E-state index is 14.7. The molecule has 52 heavy (non-hydrogen) atoms. The molecule has 2 heterocycles. The van der Waals surface area contributed by atoms with Gasteiger partial charge >= 0.3 is 0 Å². The lowest BCUT2D eigenvalue weighted by atomic mass is 10.0. The van der Waals surface area contributed by atoms with Gasteiger partial charge in [-0.3, -0.25) is 19.3 Å². The van der Waals surface area contributed by atoms with Crippen LogP contribution in [-0.4, -0.2) is 34.4 Å². The van der Waals surface area contributed by atoms with Gasteiger partial charge in [-0.25, -0.2) is 4.39 Å². The highest BCUT2D eigenvalue weighted by molar-refractivity contribution is 8.00. The van der Waals surface area contributed by atoms with Crippen LogP contribution in [0.2, 0.25) is 5.02 Å². The van der Waals surface area contributed by atoms with Crippen molar-refractivity contribution in [1.29, 1.82) is 5.26 Å². The van der Waals surface area contributed by atoms with E-state index in [9.17, 15) is 24.0 Å². The molecule has 0 aliphatic carbocycles. The van der Waals surface area contributed by atoms with Gasteiger partial charge in [0.15, 0.2) is 0 Å². The third-order valence-electron chi connectivity index (χ3n) is 8.32. The lowest BCUT2D eigenvalue weighted by Crippen LogP contribution is -2.30. The van der Waals surface area contributed by atoms with E-state index in [1.165, 1.54) is 52.9 Å². The summed E-state index contributed by atoms with van der Waals surface area (Å²) in [5, 5.41) is 18.4. The Morgan fingerprint density at radius 3 is 2.46 bits per heavy atom. The monoisotopic (exact) mass is 749 g/mol. The number of nitrogens with zero attached hydrogens (tertiary/aromatic N) is 2. The first-order valence-electron chi connectivity index (χ1n) is 16.4. The zero-order valence-electron chi connectivity index (χ0n) is 28.0. The first-order chi connectivity index (χ1) is 25.2. The molecule has 0 bridgehead atoms. The largest absolute Gasteiger partial charge is 0.321 e. The maximum Gasteiger partial charge on any atom is 0.272 e. The van der Waals surface area contributed by atoms with Gasteiger partial charge in [-0.1, -0.05) is 72.3 Å². The van der Waals surface area contributed by atoms with Crippen molar-refractivity contribution in [3.63, 3.8) is 0 Å². The SMILES string of the molecule is CC(Sc1cccc(NC(=O)/C(=C\c2c(F)cccc2Cl)NC(=O)c2ccccc2)c1)C(=O)Nc1sc2c(c1C#N)CCN(Cc1ccccc1)C2. The molecular formula is C40H33ClFN5O3S2. The van der Waals surface area contributed by atoms with Crippen LogP contribution in [0, 0.1) is 17.1 Å². The van der Waals surface area contributed by atoms with E-state index in [2.05, 4.69) is 39.1 Å². The number of carbonyl (C=O) groups is 3. The van der Waals surface area contributed by atoms with Crippen LogP contribution in [0.3, 0.4) is 0 Å². The standard InChI is InChI=1S/C40H33ClFN5O3S2/c1-25(37(48)46-40-32(22-43)30-18-19-47(24-36(30)52-40)23-26-10-4-2-5-11-26)51-29-15-8-14-28(20-29)44-39(50)35(21-31-33(41)16-9-17-34(31)42)45-38(49)27-12-6-3-7-13-27/h2-17,20-21,25H,18-19,23-24H2,1H3,(H,44,50)(H,45,49)(H,46,48)/b35-21+. The number of nitrogens with one attached hydrogen (secondary N) is 3. The van der Waals surface area contributed by atoms with Gasteiger partial charge in [-0.2, -0.15) is 5.26 Å². The lowest BCUT2D eigenvalue weighted by Gasteiger charge is -2.26. The average Bonchev–Trinajstić information content (AvgIpc) is 3.49. The van der Waals surface area contributed by atoms with Crippen molar-refractivity contribution >= 4 is 69.2 Å². The number of hydrogen-bond acceptors (Lipinski definition) is 7. The number of fused-ring (bicyclic) bond motifs is 1. The molecule has 1 aromatic heterocycles. The van der Waals surface area contributed by atoms with Crippen LogP contribution in [-0.2, 0) is 29.1 Å². The van der Waals surface area contributed by atoms with Crippen molar-refractivity contribution < 1.29 is 18.8 Å². The number of thioether (sulfide) groups is 1. The average molecular weight is 750 g/mol. The predicted octanol–water partition coefficient (Wildman–Crippen LogP) is 8.50. The maximum absolute atomic E-state index is 14.7. The minimum absolute atomic E-state index is 0.0533. The molecule has 5 aromatic rings. The second kappa shape index (κ2) is 16.8. The summed E-state index contributed by atoms with van der Waals surface area (Å²) in [6, 6.07) is 31.9. The van der Waals surface area contributed by atoms with Gasteiger partial charge in [-0.15, -0.1) is 23.1 Å². The third-order valence-corrected chi connectivity index (χ3v) is 10.9. The number of benzene rings is 4. The summed E-state index contributed by atoms with van der Waals surface area (Å²) >= 11 is 8.97. The van der Waals surface area contributed by atoms with Crippen LogP contribution in [0.15, 0.2) is 114 Å². The zero-order chi connectivity index (χ0) is 36.6. The highest BCUT2D eigenvalue weighted by Crippen LogP contribution is 2.38. The van der Waals surface area contributed by atoms with Crippen LogP contribution in [0.25, 0.3) is 6.08 Å². The van der Waals surface area contributed by atoms with Crippen molar-refractivity contribution in [2.75, 3.05) is 17.2 Å². The molecule has 262 valence electrons. The Labute approximate surface area is 314 Å². The number of amides is 3. The van der Waals surface area contributed by atoms with E-state index < -0.39 is 22.9 Å². The molecule has 1 atom stereocenters. The first-order valence-corrected chi connectivity index (χ1v) is 18.5. The molecule has 0 radical (unpaired) electrons. The molecule has 1 unspecified atom stereocenters. The predicted molar refractivity (Wildman–Crippen MR) is 206 cm³/mol. The van der Waals surface area contributed by atoms with Crippen molar-refractivity contribution in [3.8, 4) is 6.07 Å². The molecule has 8 nitrogen and oxygen atoms in total. The van der Waals surface area contributed by atoms with Crippen LogP contribution in [0.1, 0.15) is 44.4 Å². The van der Waals surface area contributed by atoms with E-state index in [0.717, 1.165) is 30.0 Å². The second-order valence-corrected chi connectivity index (χ2v) is 14.9. The number of thiophene rings is 1. The van der Waals surface area contributed by atoms with E-state index in [0.29, 0.717) is 33.3 Å². The van der Waals surface area contributed by atoms with Crippen LogP contribution in [0.5, 0.6) is 0 Å². The molecule has 0 fully saturated rings. The Balaban J connectivity index is 1.13. The minimum Gasteiger partial charge on any atom is -0.321 e. The van der Waals surface area contributed by atoms with Gasteiger partial charge in [0.25, 0.3) is 11.8 Å². The number of carbonyl (C=O) groups excluding carboxylic acids is 3. The summed E-state index contributed by atoms with van der Waals surface area (Å²) in [6.45, 7) is 4.12.